The Balaban J connectivity index is 1.61. The van der Waals surface area contributed by atoms with E-state index >= 15 is 0 Å². The molecule has 10 atom stereocenters. The van der Waals surface area contributed by atoms with E-state index in [9.17, 15) is 54.0 Å². The van der Waals surface area contributed by atoms with E-state index in [-0.39, 0.29) is 19.7 Å². The van der Waals surface area contributed by atoms with Gasteiger partial charge in [0, 0.05) is 38.4 Å². The van der Waals surface area contributed by atoms with Crippen LogP contribution in [0.15, 0.2) is 21.9 Å². The van der Waals surface area contributed by atoms with Crippen LogP contribution in [0.25, 0.3) is 0 Å². The molecule has 0 bridgehead atoms. The molecule has 22 heteroatoms. The van der Waals surface area contributed by atoms with Crippen LogP contribution in [0.2, 0.25) is 0 Å². The van der Waals surface area contributed by atoms with E-state index in [1.807, 2.05) is 4.98 Å². The topological polar surface area (TPSA) is 298 Å². The number of hydrogen-bond acceptors (Lipinski definition) is 16. The van der Waals surface area contributed by atoms with Gasteiger partial charge in [-0.15, -0.1) is 0 Å². The van der Waals surface area contributed by atoms with Crippen molar-refractivity contribution in [1.82, 2.24) is 14.9 Å². The molecule has 41 heavy (non-hydrogen) atoms. The van der Waals surface area contributed by atoms with Gasteiger partial charge in [0.2, 0.25) is 5.79 Å². The molecule has 2 aliphatic heterocycles. The highest BCUT2D eigenvalue weighted by Crippen LogP contribution is 2.62. The number of hydrogen-bond donors (Lipinski definition) is 9. The Hall–Kier alpha value is -1.42. The van der Waals surface area contributed by atoms with Gasteiger partial charge >= 0.3 is 21.3 Å². The van der Waals surface area contributed by atoms with Crippen molar-refractivity contribution in [2.45, 2.75) is 55.7 Å². The Kier molecular flexibility index (Phi) is 11.2. The minimum atomic E-state index is -5.52. The maximum atomic E-state index is 12.5. The zero-order chi connectivity index (χ0) is 30.8. The summed E-state index contributed by atoms with van der Waals surface area (Å²) in [4.78, 5) is 45.2. The lowest BCUT2D eigenvalue weighted by Gasteiger charge is -2.46. The summed E-state index contributed by atoms with van der Waals surface area (Å²) in [6, 6.07) is 0.944. The van der Waals surface area contributed by atoms with Gasteiger partial charge in [-0.2, -0.15) is 4.31 Å². The number of nitrogens with zero attached hydrogens (tertiary/aromatic N) is 1. The lowest BCUT2D eigenvalue weighted by Crippen LogP contribution is -2.65. The van der Waals surface area contributed by atoms with Gasteiger partial charge < -0.3 is 54.8 Å². The Bertz CT molecular complexity index is 1240. The first-order valence-electron chi connectivity index (χ1n) is 12.0. The molecule has 1 aromatic rings. The summed E-state index contributed by atoms with van der Waals surface area (Å²) in [6.07, 6.45) is -11.0. The first-order chi connectivity index (χ1) is 19.0. The highest BCUT2D eigenvalue weighted by molar-refractivity contribution is 7.61. The molecule has 236 valence electrons. The number of aromatic nitrogens is 2. The number of aliphatic hydroxyl groups excluding tert-OH is 3. The minimum Gasteiger partial charge on any atom is -0.387 e. The quantitative estimate of drug-likeness (QED) is 0.0566. The molecule has 0 saturated carbocycles. The van der Waals surface area contributed by atoms with Crippen molar-refractivity contribution in [3.05, 3.63) is 33.1 Å². The van der Waals surface area contributed by atoms with Crippen LogP contribution >= 0.6 is 15.6 Å². The summed E-state index contributed by atoms with van der Waals surface area (Å²) in [5, 5.41) is 54.0. The van der Waals surface area contributed by atoms with E-state index in [4.69, 9.17) is 18.7 Å². The second-order valence-electron chi connectivity index (χ2n) is 9.26. The number of nitrogens with one attached hydrogen (secondary N) is 2. The monoisotopic (exact) mass is 637 g/mol. The fourth-order valence-electron chi connectivity index (χ4n) is 4.04. The molecule has 20 nitrogen and oxygen atoms in total. The van der Waals surface area contributed by atoms with Crippen LogP contribution in [-0.4, -0.2) is 121 Å². The molecule has 0 amide bonds. The molecule has 0 spiro atoms. The number of phosphoric ester groups is 2. The van der Waals surface area contributed by atoms with Gasteiger partial charge in [-0.1, -0.05) is 6.92 Å². The number of H-pyrrole nitrogens is 1. The first kappa shape index (κ1) is 34.1. The van der Waals surface area contributed by atoms with Gasteiger partial charge in [0.15, 0.2) is 12.5 Å². The molecule has 3 heterocycles. The van der Waals surface area contributed by atoms with E-state index in [0.717, 1.165) is 16.8 Å². The maximum Gasteiger partial charge on any atom is 0.483 e. The fraction of sp³-hybridized carbons (Fsp3) is 0.789. The van der Waals surface area contributed by atoms with E-state index in [0.29, 0.717) is 0 Å². The van der Waals surface area contributed by atoms with E-state index in [1.165, 1.54) is 14.0 Å². The molecule has 0 aromatic carbocycles. The van der Waals surface area contributed by atoms with Crippen LogP contribution in [0.3, 0.4) is 0 Å². The number of methoxy groups -OCH3 is 1. The lowest BCUT2D eigenvalue weighted by atomic mass is 9.89. The molecular weight excluding hydrogens is 604 g/mol. The molecule has 3 rings (SSSR count). The lowest BCUT2D eigenvalue weighted by molar-refractivity contribution is -0.360. The molecule has 5 unspecified atom stereocenters. The predicted octanol–water partition coefficient (Wildman–Crippen LogP) is -3.95. The van der Waals surface area contributed by atoms with Gasteiger partial charge in [0.1, 0.15) is 30.5 Å². The van der Waals surface area contributed by atoms with Crippen molar-refractivity contribution in [2.75, 3.05) is 33.4 Å². The van der Waals surface area contributed by atoms with Gasteiger partial charge in [0.25, 0.3) is 5.56 Å². The van der Waals surface area contributed by atoms with Crippen molar-refractivity contribution in [3.63, 3.8) is 0 Å². The predicted molar refractivity (Wildman–Crippen MR) is 131 cm³/mol. The van der Waals surface area contributed by atoms with E-state index in [2.05, 4.69) is 14.2 Å². The molecule has 2 fully saturated rings. The normalized spacial score (nSPS) is 34.7. The molecule has 0 aliphatic carbocycles. The standard InChI is InChI=1S/C19H33N3O17P2/c1-9-15(26)19(28,29)11(7-20-4-6-34-2)37-17(9)38-41(32,33)39-40(30,31)35-8-10-13(24)14(25)16(36-10)22-5-3-12(23)21-18(22)27/h3,5,9-11,13-17,20,24-26,28-29H,4,6-8H2,1-2H3,(H,30,31)(H,32,33)(H,21,23,27)/t9?,10-,11?,13+,14?,15-,16-,17-/m1/s1. The average molecular weight is 637 g/mol. The molecular formula is C19H33N3O17P2. The average Bonchev–Trinajstić information content (AvgIpc) is 3.14. The van der Waals surface area contributed by atoms with Crippen LogP contribution < -0.4 is 16.6 Å². The summed E-state index contributed by atoms with van der Waals surface area (Å²) < 4.78 is 54.8. The molecule has 2 aliphatic rings. The van der Waals surface area contributed by atoms with Crippen molar-refractivity contribution in [3.8, 4) is 0 Å². The minimum absolute atomic E-state index is 0.245. The summed E-state index contributed by atoms with van der Waals surface area (Å²) in [7, 11) is -9.55. The van der Waals surface area contributed by atoms with Crippen molar-refractivity contribution in [2.24, 2.45) is 5.92 Å². The third kappa shape index (κ3) is 8.36. The third-order valence-electron chi connectivity index (χ3n) is 6.26. The summed E-state index contributed by atoms with van der Waals surface area (Å²) in [5.74, 6) is -4.17. The smallest absolute Gasteiger partial charge is 0.387 e. The molecule has 0 radical (unpaired) electrons. The van der Waals surface area contributed by atoms with Gasteiger partial charge in [-0.25, -0.2) is 13.9 Å². The van der Waals surface area contributed by atoms with Gasteiger partial charge in [-0.05, 0) is 0 Å². The summed E-state index contributed by atoms with van der Waals surface area (Å²) in [6.45, 7) is 0.390. The maximum absolute atomic E-state index is 12.5. The van der Waals surface area contributed by atoms with Crippen molar-refractivity contribution in [1.29, 1.82) is 0 Å². The largest absolute Gasteiger partial charge is 0.483 e. The SMILES string of the molecule is COCCNCC1O[C@H](OP(=O)(O)OP(=O)(O)OC[C@H]2O[C@@H](n3ccc(=O)[nH]c3=O)C(O)[C@H]2O)C(C)[C@@H](O)C1(O)O. The van der Waals surface area contributed by atoms with Crippen LogP contribution in [0.5, 0.6) is 0 Å². The van der Waals surface area contributed by atoms with Crippen LogP contribution in [0.4, 0.5) is 0 Å². The zero-order valence-electron chi connectivity index (χ0n) is 21.7. The summed E-state index contributed by atoms with van der Waals surface area (Å²) >= 11 is 0. The Morgan fingerprint density at radius 1 is 1.12 bits per heavy atom. The third-order valence-corrected chi connectivity index (χ3v) is 8.86. The van der Waals surface area contributed by atoms with E-state index < -0.39 is 88.2 Å². The molecule has 9 N–H and O–H groups in total. The second-order valence-corrected chi connectivity index (χ2v) is 12.3. The number of ether oxygens (including phenoxy) is 3. The van der Waals surface area contributed by atoms with Crippen LogP contribution in [0, 0.1) is 5.92 Å². The summed E-state index contributed by atoms with van der Waals surface area (Å²) in [5.41, 5.74) is -1.72. The van der Waals surface area contributed by atoms with Gasteiger partial charge in [0.05, 0.1) is 13.2 Å². The Morgan fingerprint density at radius 3 is 2.44 bits per heavy atom. The number of rotatable bonds is 13. The Labute approximate surface area is 231 Å². The number of aromatic amines is 1. The first-order valence-corrected chi connectivity index (χ1v) is 15.0. The van der Waals surface area contributed by atoms with Crippen molar-refractivity contribution < 1.29 is 72.0 Å². The number of phosphoric acid groups is 2. The van der Waals surface area contributed by atoms with Crippen molar-refractivity contribution >= 4 is 15.6 Å². The molecule has 1 aromatic heterocycles. The van der Waals surface area contributed by atoms with Crippen LogP contribution in [-0.2, 0) is 36.7 Å². The molecule has 2 saturated heterocycles. The van der Waals surface area contributed by atoms with E-state index in [1.54, 1.807) is 0 Å². The highest BCUT2D eigenvalue weighted by Gasteiger charge is 2.55. The van der Waals surface area contributed by atoms with Gasteiger partial charge in [-0.3, -0.25) is 23.4 Å². The highest BCUT2D eigenvalue weighted by atomic mass is 31.3. The second kappa shape index (κ2) is 13.5. The van der Waals surface area contributed by atoms with Crippen LogP contribution in [0.1, 0.15) is 13.2 Å². The Morgan fingerprint density at radius 2 is 1.80 bits per heavy atom. The fourth-order valence-corrected chi connectivity index (χ4v) is 6.26. The zero-order valence-corrected chi connectivity index (χ0v) is 23.4. The number of aliphatic hydroxyl groups is 5.